The Hall–Kier alpha value is -2.59. The zero-order valence-electron chi connectivity index (χ0n) is 12.3. The van der Waals surface area contributed by atoms with Crippen molar-refractivity contribution in [1.29, 1.82) is 0 Å². The lowest BCUT2D eigenvalue weighted by molar-refractivity contribution is 0.672. The summed E-state index contributed by atoms with van der Waals surface area (Å²) in [6.45, 7) is 1.77. The summed E-state index contributed by atoms with van der Waals surface area (Å²) in [4.78, 5) is 7.73. The molecule has 1 aromatic carbocycles. The molecule has 0 saturated heterocycles. The number of nitrogens with one attached hydrogen (secondary N) is 2. The van der Waals surface area contributed by atoms with Crippen LogP contribution in [0.25, 0.3) is 16.6 Å². The molecule has 4 nitrogen and oxygen atoms in total. The molecule has 4 heteroatoms. The number of fused-ring (bicyclic) bond motifs is 2. The number of para-hydroxylation sites is 1. The Morgan fingerprint density at radius 2 is 2.00 bits per heavy atom. The summed E-state index contributed by atoms with van der Waals surface area (Å²) in [5, 5.41) is 4.83. The number of hydrogen-bond donors (Lipinski definition) is 2. The number of nitrogens with zero attached hydrogens (tertiary/aromatic N) is 2. The van der Waals surface area contributed by atoms with Crippen LogP contribution in [0.15, 0.2) is 61.1 Å². The van der Waals surface area contributed by atoms with Crippen molar-refractivity contribution >= 4 is 16.6 Å². The summed E-state index contributed by atoms with van der Waals surface area (Å²) >= 11 is 0. The van der Waals surface area contributed by atoms with Crippen LogP contribution in [0.4, 0.5) is 0 Å². The first-order chi connectivity index (χ1) is 10.9. The molecule has 2 N–H and O–H groups in total. The Labute approximate surface area is 128 Å². The lowest BCUT2D eigenvalue weighted by Gasteiger charge is -2.04. The molecular weight excluding hydrogens is 272 g/mol. The minimum atomic E-state index is 0.827. The van der Waals surface area contributed by atoms with Crippen LogP contribution in [-0.4, -0.2) is 20.9 Å². The fourth-order valence-corrected chi connectivity index (χ4v) is 2.89. The number of H-pyrrole nitrogens is 1. The Balaban J connectivity index is 1.39. The summed E-state index contributed by atoms with van der Waals surface area (Å²) in [7, 11) is 0. The van der Waals surface area contributed by atoms with E-state index >= 15 is 0 Å². The normalized spacial score (nSPS) is 11.5. The van der Waals surface area contributed by atoms with Crippen molar-refractivity contribution in [2.45, 2.75) is 13.0 Å². The molecule has 0 saturated carbocycles. The van der Waals surface area contributed by atoms with Gasteiger partial charge >= 0.3 is 0 Å². The first kappa shape index (κ1) is 13.1. The van der Waals surface area contributed by atoms with Crippen molar-refractivity contribution in [2.75, 3.05) is 6.54 Å². The van der Waals surface area contributed by atoms with E-state index in [2.05, 4.69) is 56.3 Å². The third-order valence-electron chi connectivity index (χ3n) is 4.05. The van der Waals surface area contributed by atoms with Crippen LogP contribution in [-0.2, 0) is 13.0 Å². The van der Waals surface area contributed by atoms with Gasteiger partial charge in [-0.1, -0.05) is 24.3 Å². The molecule has 0 unspecified atom stereocenters. The largest absolute Gasteiger partial charge is 0.361 e. The molecule has 0 aliphatic carbocycles. The van der Waals surface area contributed by atoms with Crippen LogP contribution in [0, 0.1) is 0 Å². The highest BCUT2D eigenvalue weighted by molar-refractivity contribution is 5.83. The van der Waals surface area contributed by atoms with Gasteiger partial charge in [0, 0.05) is 29.8 Å². The minimum Gasteiger partial charge on any atom is -0.361 e. The molecule has 4 aromatic rings. The predicted octanol–water partition coefficient (Wildman–Crippen LogP) is 3.15. The number of rotatable bonds is 5. The van der Waals surface area contributed by atoms with E-state index in [1.165, 1.54) is 22.2 Å². The number of benzene rings is 1. The Morgan fingerprint density at radius 1 is 1.09 bits per heavy atom. The zero-order chi connectivity index (χ0) is 14.8. The third-order valence-corrected chi connectivity index (χ3v) is 4.05. The van der Waals surface area contributed by atoms with E-state index in [0.717, 1.165) is 25.2 Å². The van der Waals surface area contributed by atoms with Gasteiger partial charge in [0.15, 0.2) is 0 Å². The van der Waals surface area contributed by atoms with E-state index in [4.69, 9.17) is 0 Å². The maximum Gasteiger partial charge on any atom is 0.136 e. The molecule has 3 aromatic heterocycles. The topological polar surface area (TPSA) is 45.1 Å². The van der Waals surface area contributed by atoms with E-state index in [-0.39, 0.29) is 0 Å². The highest BCUT2D eigenvalue weighted by atomic mass is 15.0. The van der Waals surface area contributed by atoms with Gasteiger partial charge < -0.3 is 14.7 Å². The summed E-state index contributed by atoms with van der Waals surface area (Å²) in [6, 6.07) is 14.5. The van der Waals surface area contributed by atoms with Gasteiger partial charge in [-0.3, -0.25) is 0 Å². The number of pyridine rings is 1. The van der Waals surface area contributed by atoms with Gasteiger partial charge in [-0.15, -0.1) is 0 Å². The van der Waals surface area contributed by atoms with Crippen LogP contribution < -0.4 is 5.32 Å². The average molecular weight is 290 g/mol. The molecule has 3 heterocycles. The summed E-state index contributed by atoms with van der Waals surface area (Å²) < 4.78 is 2.12. The van der Waals surface area contributed by atoms with Crippen LogP contribution in [0.3, 0.4) is 0 Å². The number of aromatic nitrogens is 3. The van der Waals surface area contributed by atoms with E-state index in [0.29, 0.717) is 0 Å². The SMILES string of the molecule is c1ccc2c(CCNCc3cnc4ccccn34)c[nH]c2c1. The minimum absolute atomic E-state index is 0.827. The lowest BCUT2D eigenvalue weighted by Crippen LogP contribution is -2.17. The van der Waals surface area contributed by atoms with Crippen molar-refractivity contribution in [3.63, 3.8) is 0 Å². The third kappa shape index (κ3) is 2.38. The average Bonchev–Trinajstić information content (AvgIpc) is 3.16. The summed E-state index contributed by atoms with van der Waals surface area (Å²) in [5.41, 5.74) is 4.76. The van der Waals surface area contributed by atoms with E-state index in [1.807, 2.05) is 24.4 Å². The quantitative estimate of drug-likeness (QED) is 0.555. The monoisotopic (exact) mass is 290 g/mol. The fraction of sp³-hybridized carbons (Fsp3) is 0.167. The van der Waals surface area contributed by atoms with Crippen LogP contribution >= 0.6 is 0 Å². The Morgan fingerprint density at radius 3 is 3.00 bits per heavy atom. The van der Waals surface area contributed by atoms with Gasteiger partial charge in [0.05, 0.1) is 11.9 Å². The smallest absolute Gasteiger partial charge is 0.136 e. The van der Waals surface area contributed by atoms with Crippen molar-refractivity contribution in [3.8, 4) is 0 Å². The second kappa shape index (κ2) is 5.66. The standard InChI is InChI=1S/C18H18N4/c1-2-6-17-16(5-1)14(11-20-17)8-9-19-12-15-13-21-18-7-3-4-10-22(15)18/h1-7,10-11,13,19-20H,8-9,12H2. The molecule has 0 bridgehead atoms. The molecule has 0 radical (unpaired) electrons. The fourth-order valence-electron chi connectivity index (χ4n) is 2.89. The van der Waals surface area contributed by atoms with Gasteiger partial charge in [0.2, 0.25) is 0 Å². The first-order valence-corrected chi connectivity index (χ1v) is 7.58. The lowest BCUT2D eigenvalue weighted by atomic mass is 10.1. The van der Waals surface area contributed by atoms with E-state index in [9.17, 15) is 0 Å². The van der Waals surface area contributed by atoms with Gasteiger partial charge in [-0.05, 0) is 36.7 Å². The molecule has 0 atom stereocenters. The number of aromatic amines is 1. The van der Waals surface area contributed by atoms with Crippen LogP contribution in [0.2, 0.25) is 0 Å². The van der Waals surface area contributed by atoms with Crippen molar-refractivity contribution in [2.24, 2.45) is 0 Å². The second-order valence-corrected chi connectivity index (χ2v) is 5.46. The molecule has 0 aliphatic rings. The highest BCUT2D eigenvalue weighted by Crippen LogP contribution is 2.17. The molecular formula is C18H18N4. The maximum absolute atomic E-state index is 4.41. The number of imidazole rings is 1. The van der Waals surface area contributed by atoms with Crippen LogP contribution in [0.1, 0.15) is 11.3 Å². The Bertz CT molecular complexity index is 827. The molecule has 0 spiro atoms. The highest BCUT2D eigenvalue weighted by Gasteiger charge is 2.04. The van der Waals surface area contributed by atoms with Crippen molar-refractivity contribution in [1.82, 2.24) is 19.7 Å². The van der Waals surface area contributed by atoms with Crippen molar-refractivity contribution < 1.29 is 0 Å². The van der Waals surface area contributed by atoms with Crippen LogP contribution in [0.5, 0.6) is 0 Å². The Kier molecular flexibility index (Phi) is 3.37. The molecule has 22 heavy (non-hydrogen) atoms. The van der Waals surface area contributed by atoms with E-state index in [1.54, 1.807) is 0 Å². The van der Waals surface area contributed by atoms with E-state index < -0.39 is 0 Å². The first-order valence-electron chi connectivity index (χ1n) is 7.58. The van der Waals surface area contributed by atoms with Gasteiger partial charge in [-0.2, -0.15) is 0 Å². The van der Waals surface area contributed by atoms with Gasteiger partial charge in [-0.25, -0.2) is 4.98 Å². The molecule has 4 rings (SSSR count). The number of hydrogen-bond acceptors (Lipinski definition) is 2. The second-order valence-electron chi connectivity index (χ2n) is 5.46. The maximum atomic E-state index is 4.41. The molecule has 0 amide bonds. The summed E-state index contributed by atoms with van der Waals surface area (Å²) in [5.74, 6) is 0. The van der Waals surface area contributed by atoms with Crippen molar-refractivity contribution in [3.05, 3.63) is 72.3 Å². The van der Waals surface area contributed by atoms with Gasteiger partial charge in [0.25, 0.3) is 0 Å². The molecule has 0 fully saturated rings. The predicted molar refractivity (Wildman–Crippen MR) is 88.9 cm³/mol. The summed E-state index contributed by atoms with van der Waals surface area (Å²) in [6.07, 6.45) is 7.12. The molecule has 0 aliphatic heterocycles. The molecule has 110 valence electrons. The van der Waals surface area contributed by atoms with Gasteiger partial charge in [0.1, 0.15) is 5.65 Å². The zero-order valence-corrected chi connectivity index (χ0v) is 12.3.